The van der Waals surface area contributed by atoms with Gasteiger partial charge in [-0.05, 0) is 54.4 Å². The summed E-state index contributed by atoms with van der Waals surface area (Å²) in [4.78, 5) is 15.2. The number of para-hydroxylation sites is 1. The Morgan fingerprint density at radius 1 is 1.00 bits per heavy atom. The molecule has 37 heavy (non-hydrogen) atoms. The fourth-order valence-electron chi connectivity index (χ4n) is 5.57. The Balaban J connectivity index is 0.00000320. The quantitative estimate of drug-likeness (QED) is 0.392. The Morgan fingerprint density at radius 3 is 2.43 bits per heavy atom. The molecule has 3 saturated heterocycles. The molecule has 0 saturated carbocycles. The Labute approximate surface area is 229 Å². The standard InChI is InChI=1S/C30H34FN2O3.BrH/c1-23-6-5-7-27(20-23)32(21-24-10-12-26(31)13-11-24)30(34)36-29-22-33(16-14-25(29)15-17-33)18-19-35-28-8-3-2-4-9-28;/h2-13,20,25,29H,14-19,21-22H2,1H3;1H/q+1;/p-1/t25?,29-,33?;/m0./s1. The molecule has 0 radical (unpaired) electrons. The van der Waals surface area contributed by atoms with Crippen LogP contribution in [0.15, 0.2) is 78.9 Å². The van der Waals surface area contributed by atoms with Crippen molar-refractivity contribution in [1.82, 2.24) is 0 Å². The van der Waals surface area contributed by atoms with Gasteiger partial charge in [0.15, 0.2) is 6.10 Å². The average molecular weight is 570 g/mol. The molecule has 3 aromatic rings. The Bertz CT molecular complexity index is 1170. The van der Waals surface area contributed by atoms with Gasteiger partial charge in [-0.1, -0.05) is 42.5 Å². The van der Waals surface area contributed by atoms with Crippen LogP contribution < -0.4 is 26.6 Å². The maximum absolute atomic E-state index is 13.6. The first-order valence-corrected chi connectivity index (χ1v) is 12.8. The molecule has 1 amide bonds. The van der Waals surface area contributed by atoms with Gasteiger partial charge in [0.25, 0.3) is 0 Å². The lowest BCUT2D eigenvalue weighted by molar-refractivity contribution is -0.946. The molecular formula is C30H34BrFN2O3. The van der Waals surface area contributed by atoms with Crippen molar-refractivity contribution in [1.29, 1.82) is 0 Å². The molecule has 7 heteroatoms. The molecule has 3 heterocycles. The largest absolute Gasteiger partial charge is 1.00 e. The number of ether oxygens (including phenoxy) is 2. The van der Waals surface area contributed by atoms with E-state index in [0.717, 1.165) is 66.1 Å². The van der Waals surface area contributed by atoms with Crippen LogP contribution in [-0.2, 0) is 11.3 Å². The second-order valence-corrected chi connectivity index (χ2v) is 10.2. The molecule has 3 fully saturated rings. The van der Waals surface area contributed by atoms with Crippen LogP contribution >= 0.6 is 0 Å². The summed E-state index contributed by atoms with van der Waals surface area (Å²) in [6.07, 6.45) is 1.66. The van der Waals surface area contributed by atoms with E-state index >= 15 is 0 Å². The van der Waals surface area contributed by atoms with Crippen LogP contribution in [0.3, 0.4) is 0 Å². The van der Waals surface area contributed by atoms with Crippen molar-refractivity contribution in [3.05, 3.63) is 95.8 Å². The zero-order chi connectivity index (χ0) is 25.0. The van der Waals surface area contributed by atoms with E-state index in [2.05, 4.69) is 0 Å². The molecule has 196 valence electrons. The third-order valence-corrected chi connectivity index (χ3v) is 7.66. The number of halogens is 2. The van der Waals surface area contributed by atoms with Gasteiger partial charge in [-0.25, -0.2) is 9.18 Å². The third-order valence-electron chi connectivity index (χ3n) is 7.66. The normalized spacial score (nSPS) is 22.1. The van der Waals surface area contributed by atoms with Gasteiger partial charge in [0.2, 0.25) is 0 Å². The Hall–Kier alpha value is -2.90. The van der Waals surface area contributed by atoms with Gasteiger partial charge in [0.05, 0.1) is 19.6 Å². The van der Waals surface area contributed by atoms with Crippen molar-refractivity contribution in [2.24, 2.45) is 5.92 Å². The van der Waals surface area contributed by atoms with E-state index in [4.69, 9.17) is 9.47 Å². The van der Waals surface area contributed by atoms with E-state index in [9.17, 15) is 9.18 Å². The maximum Gasteiger partial charge on any atom is 0.415 e. The molecule has 5 nitrogen and oxygen atoms in total. The minimum absolute atomic E-state index is 0. The van der Waals surface area contributed by atoms with Crippen LogP contribution in [0.25, 0.3) is 0 Å². The second kappa shape index (κ2) is 12.1. The predicted octanol–water partition coefficient (Wildman–Crippen LogP) is 2.97. The van der Waals surface area contributed by atoms with E-state index < -0.39 is 0 Å². The smallest absolute Gasteiger partial charge is 0.415 e. The van der Waals surface area contributed by atoms with Crippen LogP contribution in [-0.4, -0.2) is 49.5 Å². The molecular weight excluding hydrogens is 535 g/mol. The van der Waals surface area contributed by atoms with Gasteiger partial charge in [-0.15, -0.1) is 0 Å². The number of benzene rings is 3. The summed E-state index contributed by atoms with van der Waals surface area (Å²) in [7, 11) is 0. The number of amides is 1. The van der Waals surface area contributed by atoms with E-state index in [1.54, 1.807) is 17.0 Å². The fourth-order valence-corrected chi connectivity index (χ4v) is 5.57. The van der Waals surface area contributed by atoms with Gasteiger partial charge in [-0.2, -0.15) is 0 Å². The van der Waals surface area contributed by atoms with Crippen molar-refractivity contribution >= 4 is 11.8 Å². The van der Waals surface area contributed by atoms with E-state index in [1.165, 1.54) is 12.1 Å². The number of quaternary nitrogens is 1. The van der Waals surface area contributed by atoms with Gasteiger partial charge in [0.1, 0.15) is 31.3 Å². The number of aryl methyl sites for hydroxylation is 1. The van der Waals surface area contributed by atoms with Gasteiger partial charge < -0.3 is 30.9 Å². The van der Waals surface area contributed by atoms with Gasteiger partial charge >= 0.3 is 6.09 Å². The minimum atomic E-state index is -0.345. The molecule has 0 unspecified atom stereocenters. The third kappa shape index (κ3) is 6.70. The summed E-state index contributed by atoms with van der Waals surface area (Å²) < 4.78 is 26.6. The number of nitrogens with zero attached hydrogens (tertiary/aromatic N) is 2. The number of piperidine rings is 3. The van der Waals surface area contributed by atoms with Crippen LogP contribution in [0.4, 0.5) is 14.9 Å². The lowest BCUT2D eigenvalue weighted by atomic mass is 9.83. The number of hydrogen-bond donors (Lipinski definition) is 0. The summed E-state index contributed by atoms with van der Waals surface area (Å²) in [5.74, 6) is 0.996. The number of carbonyl (C=O) groups excluding carboxylic acids is 1. The van der Waals surface area contributed by atoms with Crippen molar-refractivity contribution < 1.29 is 40.1 Å². The second-order valence-electron chi connectivity index (χ2n) is 10.2. The van der Waals surface area contributed by atoms with Crippen LogP contribution in [0, 0.1) is 18.7 Å². The van der Waals surface area contributed by atoms with Crippen LogP contribution in [0.1, 0.15) is 24.0 Å². The van der Waals surface area contributed by atoms with Crippen molar-refractivity contribution in [3.63, 3.8) is 0 Å². The van der Waals surface area contributed by atoms with Crippen molar-refractivity contribution in [2.75, 3.05) is 37.7 Å². The molecule has 1 atom stereocenters. The zero-order valence-electron chi connectivity index (χ0n) is 21.2. The number of carbonyl (C=O) groups is 1. The molecule has 3 aromatic carbocycles. The molecule has 3 aliphatic heterocycles. The number of hydrogen-bond acceptors (Lipinski definition) is 3. The van der Waals surface area contributed by atoms with Crippen LogP contribution in [0.2, 0.25) is 0 Å². The maximum atomic E-state index is 13.6. The first-order chi connectivity index (χ1) is 17.5. The summed E-state index contributed by atoms with van der Waals surface area (Å²) in [5.41, 5.74) is 2.70. The molecule has 6 rings (SSSR count). The SMILES string of the molecule is Cc1cccc(N(Cc2ccc(F)cc2)C(=O)O[C@H]2C[N+]3(CCOc4ccccc4)CCC2CC3)c1.[Br-]. The summed E-state index contributed by atoms with van der Waals surface area (Å²) in [6, 6.07) is 24.0. The summed E-state index contributed by atoms with van der Waals surface area (Å²) in [6.45, 7) is 6.92. The summed E-state index contributed by atoms with van der Waals surface area (Å²) in [5, 5.41) is 0. The monoisotopic (exact) mass is 568 g/mol. The topological polar surface area (TPSA) is 38.8 Å². The first kappa shape index (κ1) is 27.1. The minimum Gasteiger partial charge on any atom is -1.00 e. The highest BCUT2D eigenvalue weighted by Crippen LogP contribution is 2.36. The molecule has 2 bridgehead atoms. The fraction of sp³-hybridized carbons (Fsp3) is 0.367. The predicted molar refractivity (Wildman–Crippen MR) is 138 cm³/mol. The van der Waals surface area contributed by atoms with E-state index in [1.807, 2.05) is 61.5 Å². The molecule has 0 aromatic heterocycles. The van der Waals surface area contributed by atoms with Crippen molar-refractivity contribution in [2.45, 2.75) is 32.4 Å². The number of fused-ring (bicyclic) bond motifs is 3. The molecule has 0 spiro atoms. The summed E-state index contributed by atoms with van der Waals surface area (Å²) >= 11 is 0. The van der Waals surface area contributed by atoms with E-state index in [-0.39, 0.29) is 35.0 Å². The molecule has 0 aliphatic carbocycles. The lowest BCUT2D eigenvalue weighted by Crippen LogP contribution is -3.00. The average Bonchev–Trinajstić information content (AvgIpc) is 2.89. The molecule has 3 aliphatic rings. The van der Waals surface area contributed by atoms with Gasteiger partial charge in [0, 0.05) is 24.4 Å². The van der Waals surface area contributed by atoms with Gasteiger partial charge in [-0.3, -0.25) is 4.90 Å². The van der Waals surface area contributed by atoms with E-state index in [0.29, 0.717) is 19.1 Å². The number of anilines is 1. The highest BCUT2D eigenvalue weighted by Gasteiger charge is 2.47. The zero-order valence-corrected chi connectivity index (χ0v) is 22.8. The highest BCUT2D eigenvalue weighted by atomic mass is 79.9. The van der Waals surface area contributed by atoms with Crippen molar-refractivity contribution in [3.8, 4) is 5.75 Å². The highest BCUT2D eigenvalue weighted by molar-refractivity contribution is 5.87. The van der Waals surface area contributed by atoms with Crippen LogP contribution in [0.5, 0.6) is 5.75 Å². The lowest BCUT2D eigenvalue weighted by Gasteiger charge is -2.52. The number of rotatable bonds is 8. The first-order valence-electron chi connectivity index (χ1n) is 12.8. The Kier molecular flexibility index (Phi) is 8.87. The molecule has 0 N–H and O–H groups in total. The Morgan fingerprint density at radius 2 is 1.73 bits per heavy atom.